The molecule has 1 aliphatic heterocycles. The lowest BCUT2D eigenvalue weighted by Gasteiger charge is -2.25. The van der Waals surface area contributed by atoms with E-state index in [1.807, 2.05) is 4.57 Å². The standard InChI is InChI=1S/C23H19ClN4O5/c24-17-7-5-15(6-8-17)21(29)19-20(16-3-1-4-18(13-16)28(32)33)27(23(31)22(19)30)11-2-10-26-12-9-25-14-26/h1,3-9,12-14,20,29H,2,10-11H2/b21-19+/t20-/m0/s1. The number of non-ortho nitro benzene ring substituents is 1. The molecule has 2 aromatic carbocycles. The summed E-state index contributed by atoms with van der Waals surface area (Å²) < 4.78 is 1.84. The van der Waals surface area contributed by atoms with Gasteiger partial charge in [-0.15, -0.1) is 0 Å². The number of benzene rings is 2. The van der Waals surface area contributed by atoms with Crippen molar-refractivity contribution in [3.63, 3.8) is 0 Å². The van der Waals surface area contributed by atoms with Crippen LogP contribution in [0.3, 0.4) is 0 Å². The number of aliphatic hydroxyl groups is 1. The summed E-state index contributed by atoms with van der Waals surface area (Å²) >= 11 is 5.92. The van der Waals surface area contributed by atoms with Crippen LogP contribution < -0.4 is 0 Å². The van der Waals surface area contributed by atoms with Gasteiger partial charge in [-0.1, -0.05) is 23.7 Å². The van der Waals surface area contributed by atoms with Gasteiger partial charge < -0.3 is 14.6 Å². The fraction of sp³-hybridized carbons (Fsp3) is 0.174. The first kappa shape index (κ1) is 22.2. The van der Waals surface area contributed by atoms with Gasteiger partial charge >= 0.3 is 0 Å². The highest BCUT2D eigenvalue weighted by atomic mass is 35.5. The van der Waals surface area contributed by atoms with E-state index in [-0.39, 0.29) is 23.6 Å². The van der Waals surface area contributed by atoms with Crippen molar-refractivity contribution >= 4 is 34.7 Å². The fourth-order valence-corrected chi connectivity index (χ4v) is 4.00. The van der Waals surface area contributed by atoms with Crippen LogP contribution in [-0.2, 0) is 16.1 Å². The predicted octanol–water partition coefficient (Wildman–Crippen LogP) is 3.96. The monoisotopic (exact) mass is 466 g/mol. The molecule has 33 heavy (non-hydrogen) atoms. The summed E-state index contributed by atoms with van der Waals surface area (Å²) in [6.45, 7) is 0.759. The SMILES string of the molecule is O=C1C(=O)N(CCCn2ccnc2)[C@@H](c2cccc([N+](=O)[O-])c2)/C1=C(\O)c1ccc(Cl)cc1. The largest absolute Gasteiger partial charge is 0.507 e. The number of hydrogen-bond acceptors (Lipinski definition) is 6. The van der Waals surface area contributed by atoms with Crippen LogP contribution in [0.4, 0.5) is 5.69 Å². The number of carbonyl (C=O) groups excluding carboxylic acids is 2. The Morgan fingerprint density at radius 2 is 1.91 bits per heavy atom. The topological polar surface area (TPSA) is 119 Å². The number of nitro benzene ring substituents is 1. The minimum Gasteiger partial charge on any atom is -0.507 e. The molecule has 10 heteroatoms. The number of hydrogen-bond donors (Lipinski definition) is 1. The minimum absolute atomic E-state index is 0.120. The zero-order chi connectivity index (χ0) is 23.5. The normalized spacial score (nSPS) is 17.5. The molecule has 168 valence electrons. The molecular weight excluding hydrogens is 448 g/mol. The highest BCUT2D eigenvalue weighted by Crippen LogP contribution is 2.40. The van der Waals surface area contributed by atoms with Gasteiger partial charge in [0.2, 0.25) is 0 Å². The molecule has 9 nitrogen and oxygen atoms in total. The van der Waals surface area contributed by atoms with Gasteiger partial charge in [-0.2, -0.15) is 0 Å². The number of aromatic nitrogens is 2. The molecule has 0 bridgehead atoms. The van der Waals surface area contributed by atoms with E-state index in [9.17, 15) is 24.8 Å². The lowest BCUT2D eigenvalue weighted by molar-refractivity contribution is -0.384. The molecule has 1 amide bonds. The van der Waals surface area contributed by atoms with E-state index >= 15 is 0 Å². The van der Waals surface area contributed by atoms with Crippen LogP contribution in [0.15, 0.2) is 72.8 Å². The Morgan fingerprint density at radius 1 is 1.15 bits per heavy atom. The first-order valence-electron chi connectivity index (χ1n) is 10.1. The zero-order valence-corrected chi connectivity index (χ0v) is 18.1. The molecule has 1 N–H and O–H groups in total. The number of Topliss-reactive ketones (excluding diaryl/α,β-unsaturated/α-hetero) is 1. The maximum Gasteiger partial charge on any atom is 0.295 e. The number of aryl methyl sites for hydroxylation is 1. The van der Waals surface area contributed by atoms with E-state index < -0.39 is 22.7 Å². The summed E-state index contributed by atoms with van der Waals surface area (Å²) in [4.78, 5) is 42.1. The molecule has 1 aromatic heterocycles. The number of carbonyl (C=O) groups is 2. The van der Waals surface area contributed by atoms with Gasteiger partial charge in [0.1, 0.15) is 5.76 Å². The molecule has 0 radical (unpaired) electrons. The van der Waals surface area contributed by atoms with Crippen molar-refractivity contribution < 1.29 is 19.6 Å². The Balaban J connectivity index is 1.76. The summed E-state index contributed by atoms with van der Waals surface area (Å²) in [5.41, 5.74) is 0.376. The fourth-order valence-electron chi connectivity index (χ4n) is 3.87. The highest BCUT2D eigenvalue weighted by Gasteiger charge is 2.46. The third kappa shape index (κ3) is 4.49. The van der Waals surface area contributed by atoms with E-state index in [1.54, 1.807) is 36.9 Å². The second-order valence-electron chi connectivity index (χ2n) is 7.51. The van der Waals surface area contributed by atoms with Crippen LogP contribution in [0.1, 0.15) is 23.6 Å². The molecule has 2 heterocycles. The number of aliphatic hydroxyl groups excluding tert-OH is 1. The second kappa shape index (κ2) is 9.25. The molecule has 1 aliphatic rings. The molecule has 3 aromatic rings. The van der Waals surface area contributed by atoms with Crippen LogP contribution in [-0.4, -0.2) is 42.7 Å². The molecule has 1 fully saturated rings. The molecule has 1 saturated heterocycles. The van der Waals surface area contributed by atoms with Crippen molar-refractivity contribution in [2.24, 2.45) is 0 Å². The van der Waals surface area contributed by atoms with E-state index in [4.69, 9.17) is 11.6 Å². The molecule has 4 rings (SSSR count). The lowest BCUT2D eigenvalue weighted by atomic mass is 9.95. The first-order chi connectivity index (χ1) is 15.9. The van der Waals surface area contributed by atoms with Crippen molar-refractivity contribution in [1.29, 1.82) is 0 Å². The summed E-state index contributed by atoms with van der Waals surface area (Å²) in [6, 6.07) is 10.9. The van der Waals surface area contributed by atoms with Crippen molar-refractivity contribution in [2.45, 2.75) is 19.0 Å². The van der Waals surface area contributed by atoms with Gasteiger partial charge in [0.25, 0.3) is 17.4 Å². The van der Waals surface area contributed by atoms with E-state index in [2.05, 4.69) is 4.98 Å². The van der Waals surface area contributed by atoms with Crippen LogP contribution >= 0.6 is 11.6 Å². The van der Waals surface area contributed by atoms with Crippen molar-refractivity contribution in [1.82, 2.24) is 14.5 Å². The van der Waals surface area contributed by atoms with E-state index in [0.717, 1.165) is 0 Å². The summed E-state index contributed by atoms with van der Waals surface area (Å²) in [6.07, 6.45) is 5.58. The van der Waals surface area contributed by atoms with E-state index in [0.29, 0.717) is 29.1 Å². The average Bonchev–Trinajstić information content (AvgIpc) is 3.41. The third-order valence-corrected chi connectivity index (χ3v) is 5.68. The smallest absolute Gasteiger partial charge is 0.295 e. The molecule has 0 spiro atoms. The van der Waals surface area contributed by atoms with Gasteiger partial charge in [-0.3, -0.25) is 19.7 Å². The third-order valence-electron chi connectivity index (χ3n) is 5.43. The van der Waals surface area contributed by atoms with Crippen molar-refractivity contribution in [2.75, 3.05) is 6.54 Å². The first-order valence-corrected chi connectivity index (χ1v) is 10.5. The lowest BCUT2D eigenvalue weighted by Crippen LogP contribution is -2.31. The van der Waals surface area contributed by atoms with Gasteiger partial charge in [-0.25, -0.2) is 4.98 Å². The number of amides is 1. The zero-order valence-electron chi connectivity index (χ0n) is 17.3. The molecule has 0 unspecified atom stereocenters. The Bertz CT molecular complexity index is 1240. The summed E-state index contributed by atoms with van der Waals surface area (Å²) in [5.74, 6) is -1.98. The van der Waals surface area contributed by atoms with E-state index in [1.165, 1.54) is 35.2 Å². The van der Waals surface area contributed by atoms with Crippen LogP contribution in [0, 0.1) is 10.1 Å². The number of nitro groups is 1. The molecule has 1 atom stereocenters. The number of ketones is 1. The van der Waals surface area contributed by atoms with Crippen LogP contribution in [0.25, 0.3) is 5.76 Å². The maximum atomic E-state index is 13.0. The molecule has 0 saturated carbocycles. The van der Waals surface area contributed by atoms with Gasteiger partial charge in [0, 0.05) is 48.2 Å². The summed E-state index contributed by atoms with van der Waals surface area (Å²) in [5, 5.41) is 22.8. The Kier molecular flexibility index (Phi) is 6.23. The quantitative estimate of drug-likeness (QED) is 0.185. The Hall–Kier alpha value is -3.98. The highest BCUT2D eigenvalue weighted by molar-refractivity contribution is 6.46. The Labute approximate surface area is 193 Å². The number of imidazole rings is 1. The Morgan fingerprint density at radius 3 is 2.58 bits per heavy atom. The number of rotatable bonds is 7. The van der Waals surface area contributed by atoms with Crippen molar-refractivity contribution in [3.8, 4) is 0 Å². The number of likely N-dealkylation sites (tertiary alicyclic amines) is 1. The van der Waals surface area contributed by atoms with Crippen LogP contribution in [0.2, 0.25) is 5.02 Å². The maximum absolute atomic E-state index is 13.0. The minimum atomic E-state index is -0.969. The average molecular weight is 467 g/mol. The van der Waals surface area contributed by atoms with Crippen molar-refractivity contribution in [3.05, 3.63) is 99.1 Å². The van der Waals surface area contributed by atoms with Gasteiger partial charge in [-0.05, 0) is 36.2 Å². The predicted molar refractivity (Wildman–Crippen MR) is 120 cm³/mol. The summed E-state index contributed by atoms with van der Waals surface area (Å²) in [7, 11) is 0. The number of halogens is 1. The molecule has 0 aliphatic carbocycles. The number of nitrogens with zero attached hydrogens (tertiary/aromatic N) is 4. The second-order valence-corrected chi connectivity index (χ2v) is 7.94. The van der Waals surface area contributed by atoms with Crippen LogP contribution in [0.5, 0.6) is 0 Å². The molecular formula is C23H19ClN4O5. The van der Waals surface area contributed by atoms with Gasteiger partial charge in [0.05, 0.1) is 22.9 Å². The van der Waals surface area contributed by atoms with Gasteiger partial charge in [0.15, 0.2) is 0 Å².